The summed E-state index contributed by atoms with van der Waals surface area (Å²) in [5.41, 5.74) is 3.23. The molecule has 0 saturated carbocycles. The minimum atomic E-state index is -0.0706. The summed E-state index contributed by atoms with van der Waals surface area (Å²) in [6.07, 6.45) is 4.35. The predicted octanol–water partition coefficient (Wildman–Crippen LogP) is 3.82. The van der Waals surface area contributed by atoms with Crippen molar-refractivity contribution in [1.29, 1.82) is 0 Å². The van der Waals surface area contributed by atoms with Crippen LogP contribution in [0.5, 0.6) is 0 Å². The van der Waals surface area contributed by atoms with E-state index in [0.29, 0.717) is 0 Å². The molecule has 0 aliphatic carbocycles. The molecule has 1 unspecified atom stereocenters. The van der Waals surface area contributed by atoms with Crippen molar-refractivity contribution in [2.24, 2.45) is 7.05 Å². The van der Waals surface area contributed by atoms with Gasteiger partial charge in [-0.3, -0.25) is 4.68 Å². The Morgan fingerprint density at radius 3 is 2.58 bits per heavy atom. The lowest BCUT2D eigenvalue weighted by Crippen LogP contribution is -2.08. The van der Waals surface area contributed by atoms with E-state index in [-0.39, 0.29) is 5.38 Å². The van der Waals surface area contributed by atoms with E-state index >= 15 is 0 Å². The van der Waals surface area contributed by atoms with Gasteiger partial charge in [-0.2, -0.15) is 5.10 Å². The zero-order valence-corrected chi connectivity index (χ0v) is 13.0. The van der Waals surface area contributed by atoms with Crippen molar-refractivity contribution in [1.82, 2.24) is 19.3 Å². The van der Waals surface area contributed by atoms with E-state index in [0.717, 1.165) is 54.9 Å². The SMILES string of the molecule is CCCCn1c(C(C)Cl)nc2c(CCC)nn(C)c21. The molecule has 4 nitrogen and oxygen atoms in total. The Morgan fingerprint density at radius 1 is 1.26 bits per heavy atom. The van der Waals surface area contributed by atoms with E-state index in [9.17, 15) is 0 Å². The molecule has 5 heteroatoms. The van der Waals surface area contributed by atoms with E-state index in [2.05, 4.69) is 23.5 Å². The maximum atomic E-state index is 6.28. The molecule has 2 heterocycles. The lowest BCUT2D eigenvalue weighted by Gasteiger charge is -2.10. The first kappa shape index (κ1) is 14.4. The van der Waals surface area contributed by atoms with Gasteiger partial charge in [0.15, 0.2) is 5.65 Å². The third-order valence-corrected chi connectivity index (χ3v) is 3.59. The molecule has 0 aromatic carbocycles. The maximum absolute atomic E-state index is 6.28. The number of fused-ring (bicyclic) bond motifs is 1. The van der Waals surface area contributed by atoms with Crippen molar-refractivity contribution in [2.45, 2.75) is 58.4 Å². The molecule has 0 N–H and O–H groups in total. The molecule has 0 fully saturated rings. The molecular weight excluding hydrogens is 260 g/mol. The fourth-order valence-corrected chi connectivity index (χ4v) is 2.67. The normalized spacial score (nSPS) is 13.3. The summed E-state index contributed by atoms with van der Waals surface area (Å²) in [5, 5.41) is 4.53. The minimum Gasteiger partial charge on any atom is -0.312 e. The van der Waals surface area contributed by atoms with Crippen molar-refractivity contribution in [3.63, 3.8) is 0 Å². The molecule has 2 aromatic rings. The molecule has 0 aliphatic rings. The van der Waals surface area contributed by atoms with Crippen LogP contribution in [0, 0.1) is 0 Å². The molecule has 0 radical (unpaired) electrons. The van der Waals surface area contributed by atoms with Crippen LogP contribution in [0.2, 0.25) is 0 Å². The summed E-state index contributed by atoms with van der Waals surface area (Å²) in [7, 11) is 1.99. The number of rotatable bonds is 6. The molecule has 0 spiro atoms. The van der Waals surface area contributed by atoms with Crippen LogP contribution in [0.25, 0.3) is 11.2 Å². The number of hydrogen-bond donors (Lipinski definition) is 0. The maximum Gasteiger partial charge on any atom is 0.158 e. The van der Waals surface area contributed by atoms with Gasteiger partial charge in [0, 0.05) is 13.6 Å². The fourth-order valence-electron chi connectivity index (χ4n) is 2.50. The highest BCUT2D eigenvalue weighted by atomic mass is 35.5. The number of imidazole rings is 1. The molecule has 0 saturated heterocycles. The van der Waals surface area contributed by atoms with Crippen molar-refractivity contribution < 1.29 is 0 Å². The Kier molecular flexibility index (Phi) is 4.50. The number of alkyl halides is 1. The van der Waals surface area contributed by atoms with Crippen LogP contribution in [0.1, 0.15) is 56.9 Å². The van der Waals surface area contributed by atoms with Gasteiger partial charge in [-0.15, -0.1) is 11.6 Å². The number of nitrogens with zero attached hydrogens (tertiary/aromatic N) is 4. The number of halogens is 1. The Balaban J connectivity index is 2.57. The molecule has 2 aromatic heterocycles. The average Bonchev–Trinajstić information content (AvgIpc) is 2.87. The molecule has 1 atom stereocenters. The number of hydrogen-bond acceptors (Lipinski definition) is 2. The zero-order valence-electron chi connectivity index (χ0n) is 12.3. The lowest BCUT2D eigenvalue weighted by atomic mass is 10.2. The van der Waals surface area contributed by atoms with E-state index in [4.69, 9.17) is 16.6 Å². The highest BCUT2D eigenvalue weighted by Gasteiger charge is 2.20. The molecule has 0 bridgehead atoms. The van der Waals surface area contributed by atoms with Crippen LogP contribution in [-0.2, 0) is 20.0 Å². The van der Waals surface area contributed by atoms with Gasteiger partial charge >= 0.3 is 0 Å². The van der Waals surface area contributed by atoms with Crippen molar-refractivity contribution in [3.05, 3.63) is 11.5 Å². The Labute approximate surface area is 119 Å². The Hall–Kier alpha value is -1.03. The third kappa shape index (κ3) is 2.64. The summed E-state index contributed by atoms with van der Waals surface area (Å²) < 4.78 is 4.19. The van der Waals surface area contributed by atoms with Crippen molar-refractivity contribution in [3.8, 4) is 0 Å². The van der Waals surface area contributed by atoms with Gasteiger partial charge in [-0.25, -0.2) is 4.98 Å². The Morgan fingerprint density at radius 2 is 2.00 bits per heavy atom. The average molecular weight is 283 g/mol. The number of unbranched alkanes of at least 4 members (excludes halogenated alkanes) is 1. The molecule has 106 valence electrons. The topological polar surface area (TPSA) is 35.6 Å². The van der Waals surface area contributed by atoms with Gasteiger partial charge in [0.25, 0.3) is 0 Å². The first-order chi connectivity index (χ1) is 9.10. The van der Waals surface area contributed by atoms with E-state index < -0.39 is 0 Å². The fraction of sp³-hybridized carbons (Fsp3) is 0.714. The monoisotopic (exact) mass is 282 g/mol. The van der Waals surface area contributed by atoms with Gasteiger partial charge in [-0.05, 0) is 19.8 Å². The van der Waals surface area contributed by atoms with Gasteiger partial charge < -0.3 is 4.57 Å². The first-order valence-electron chi connectivity index (χ1n) is 7.16. The second-order valence-corrected chi connectivity index (χ2v) is 5.74. The van der Waals surface area contributed by atoms with Gasteiger partial charge in [0.2, 0.25) is 0 Å². The van der Waals surface area contributed by atoms with Crippen LogP contribution in [0.4, 0.5) is 0 Å². The standard InChI is InChI=1S/C14H23ClN4/c1-5-7-9-19-13(10(3)15)16-12-11(8-6-2)17-18(4)14(12)19/h10H,5-9H2,1-4H3. The van der Waals surface area contributed by atoms with E-state index in [1.165, 1.54) is 0 Å². The minimum absolute atomic E-state index is 0.0706. The van der Waals surface area contributed by atoms with Crippen LogP contribution in [-0.4, -0.2) is 19.3 Å². The summed E-state index contributed by atoms with van der Waals surface area (Å²) in [4.78, 5) is 4.75. The number of aromatic nitrogens is 4. The molecule has 19 heavy (non-hydrogen) atoms. The van der Waals surface area contributed by atoms with E-state index in [1.807, 2.05) is 18.7 Å². The van der Waals surface area contributed by atoms with Gasteiger partial charge in [0.1, 0.15) is 11.3 Å². The van der Waals surface area contributed by atoms with Crippen molar-refractivity contribution >= 4 is 22.8 Å². The predicted molar refractivity (Wildman–Crippen MR) is 79.7 cm³/mol. The number of aryl methyl sites for hydroxylation is 3. The summed E-state index contributed by atoms with van der Waals surface area (Å²) in [6, 6.07) is 0. The lowest BCUT2D eigenvalue weighted by molar-refractivity contribution is 0.596. The van der Waals surface area contributed by atoms with Crippen molar-refractivity contribution in [2.75, 3.05) is 0 Å². The largest absolute Gasteiger partial charge is 0.312 e. The molecular formula is C14H23ClN4. The molecule has 0 amide bonds. The quantitative estimate of drug-likeness (QED) is 0.755. The smallest absolute Gasteiger partial charge is 0.158 e. The van der Waals surface area contributed by atoms with Gasteiger partial charge in [0.05, 0.1) is 11.1 Å². The van der Waals surface area contributed by atoms with Crippen LogP contribution < -0.4 is 0 Å². The third-order valence-electron chi connectivity index (χ3n) is 3.40. The second-order valence-electron chi connectivity index (χ2n) is 5.08. The summed E-state index contributed by atoms with van der Waals surface area (Å²) in [5.74, 6) is 0.968. The highest BCUT2D eigenvalue weighted by Crippen LogP contribution is 2.27. The second kappa shape index (κ2) is 5.95. The zero-order chi connectivity index (χ0) is 14.0. The van der Waals surface area contributed by atoms with Crippen LogP contribution >= 0.6 is 11.6 Å². The molecule has 0 aliphatic heterocycles. The van der Waals surface area contributed by atoms with Crippen LogP contribution in [0.3, 0.4) is 0 Å². The van der Waals surface area contributed by atoms with E-state index in [1.54, 1.807) is 0 Å². The van der Waals surface area contributed by atoms with Crippen LogP contribution in [0.15, 0.2) is 0 Å². The summed E-state index contributed by atoms with van der Waals surface area (Å²) >= 11 is 6.28. The highest BCUT2D eigenvalue weighted by molar-refractivity contribution is 6.20. The first-order valence-corrected chi connectivity index (χ1v) is 7.59. The summed E-state index contributed by atoms with van der Waals surface area (Å²) in [6.45, 7) is 7.31. The van der Waals surface area contributed by atoms with Gasteiger partial charge in [-0.1, -0.05) is 26.7 Å². The Bertz CT molecular complexity index is 553. The molecule has 2 rings (SSSR count).